The van der Waals surface area contributed by atoms with E-state index in [4.69, 9.17) is 0 Å². The average molecular weight is 221 g/mol. The first-order chi connectivity index (χ1) is 6.31. The zero-order chi connectivity index (χ0) is 11.2. The van der Waals surface area contributed by atoms with E-state index in [9.17, 15) is 22.0 Å². The number of halogens is 5. The van der Waals surface area contributed by atoms with Gasteiger partial charge in [0, 0.05) is 0 Å². The fourth-order valence-electron chi connectivity index (χ4n) is 0.656. The van der Waals surface area contributed by atoms with Crippen molar-refractivity contribution in [3.05, 3.63) is 0 Å². The van der Waals surface area contributed by atoms with E-state index in [2.05, 4.69) is 10.1 Å². The van der Waals surface area contributed by atoms with Gasteiger partial charge in [0.2, 0.25) is 0 Å². The summed E-state index contributed by atoms with van der Waals surface area (Å²) in [7, 11) is 0. The van der Waals surface area contributed by atoms with Crippen LogP contribution in [0.5, 0.6) is 0 Å². The van der Waals surface area contributed by atoms with E-state index in [0.29, 0.717) is 13.1 Å². The van der Waals surface area contributed by atoms with E-state index in [0.717, 1.165) is 0 Å². The first kappa shape index (κ1) is 13.6. The van der Waals surface area contributed by atoms with Gasteiger partial charge in [-0.3, -0.25) is 0 Å². The van der Waals surface area contributed by atoms with Crippen molar-refractivity contribution in [2.24, 2.45) is 0 Å². The second kappa shape index (κ2) is 5.45. The van der Waals surface area contributed by atoms with Crippen LogP contribution in [-0.4, -0.2) is 32.0 Å². The quantitative estimate of drug-likeness (QED) is 0.548. The molecule has 0 radical (unpaired) electrons. The molecule has 2 nitrogen and oxygen atoms in total. The van der Waals surface area contributed by atoms with Crippen molar-refractivity contribution in [1.82, 2.24) is 5.32 Å². The Labute approximate surface area is 78.4 Å². The zero-order valence-corrected chi connectivity index (χ0v) is 7.63. The molecular weight excluding hydrogens is 209 g/mol. The van der Waals surface area contributed by atoms with Gasteiger partial charge >= 0.3 is 12.3 Å². The van der Waals surface area contributed by atoms with Gasteiger partial charge < -0.3 is 10.1 Å². The lowest BCUT2D eigenvalue weighted by molar-refractivity contribution is -0.391. The normalized spacial score (nSPS) is 13.3. The number of nitrogens with one attached hydrogen (secondary N) is 1. The average Bonchev–Trinajstić information content (AvgIpc) is 2.02. The van der Waals surface area contributed by atoms with Crippen LogP contribution in [0.25, 0.3) is 0 Å². The highest BCUT2D eigenvalue weighted by molar-refractivity contribution is 4.63. The molecule has 14 heavy (non-hydrogen) atoms. The highest BCUT2D eigenvalue weighted by atomic mass is 19.4. The third kappa shape index (κ3) is 4.71. The van der Waals surface area contributed by atoms with Gasteiger partial charge in [0.1, 0.15) is 0 Å². The van der Waals surface area contributed by atoms with Crippen molar-refractivity contribution in [3.63, 3.8) is 0 Å². The Morgan fingerprint density at radius 3 is 2.14 bits per heavy atom. The Morgan fingerprint density at radius 2 is 1.71 bits per heavy atom. The standard InChI is InChI=1S/C7H12F5NO/c1-2-13-4-3-5-14-7(11,12)6(8,9)10/h13H,2-5H2,1H3. The molecule has 0 fully saturated rings. The van der Waals surface area contributed by atoms with Crippen molar-refractivity contribution >= 4 is 0 Å². The smallest absolute Gasteiger partial charge is 0.317 e. The second-order valence-corrected chi connectivity index (χ2v) is 2.57. The Balaban J connectivity index is 3.67. The Hall–Kier alpha value is -0.430. The number of hydrogen-bond acceptors (Lipinski definition) is 2. The molecule has 0 heterocycles. The van der Waals surface area contributed by atoms with E-state index in [1.165, 1.54) is 0 Å². The molecule has 0 rings (SSSR count). The maximum absolute atomic E-state index is 12.1. The summed E-state index contributed by atoms with van der Waals surface area (Å²) in [6.45, 7) is 2.16. The molecule has 0 aromatic rings. The van der Waals surface area contributed by atoms with Crippen LogP contribution in [-0.2, 0) is 4.74 Å². The fourth-order valence-corrected chi connectivity index (χ4v) is 0.656. The summed E-state index contributed by atoms with van der Waals surface area (Å²) in [5.74, 6) is 0. The van der Waals surface area contributed by atoms with Crippen LogP contribution < -0.4 is 5.32 Å². The van der Waals surface area contributed by atoms with Crippen LogP contribution in [0, 0.1) is 0 Å². The molecule has 0 unspecified atom stereocenters. The number of rotatable bonds is 6. The lowest BCUT2D eigenvalue weighted by atomic mass is 10.4. The molecule has 0 spiro atoms. The third-order valence-corrected chi connectivity index (χ3v) is 1.36. The summed E-state index contributed by atoms with van der Waals surface area (Å²) < 4.78 is 62.1. The molecule has 0 atom stereocenters. The summed E-state index contributed by atoms with van der Waals surface area (Å²) in [6.07, 6.45) is -10.6. The highest BCUT2D eigenvalue weighted by Crippen LogP contribution is 2.36. The first-order valence-corrected chi connectivity index (χ1v) is 4.10. The number of ether oxygens (including phenoxy) is 1. The van der Waals surface area contributed by atoms with E-state index in [1.807, 2.05) is 0 Å². The van der Waals surface area contributed by atoms with Crippen molar-refractivity contribution < 1.29 is 26.7 Å². The van der Waals surface area contributed by atoms with Gasteiger partial charge in [-0.1, -0.05) is 6.92 Å². The van der Waals surface area contributed by atoms with Gasteiger partial charge in [-0.25, -0.2) is 0 Å². The van der Waals surface area contributed by atoms with Crippen LogP contribution in [0.1, 0.15) is 13.3 Å². The Kier molecular flexibility index (Phi) is 5.28. The SMILES string of the molecule is CCNCCCOC(F)(F)C(F)(F)F. The van der Waals surface area contributed by atoms with Crippen LogP contribution >= 0.6 is 0 Å². The molecule has 0 saturated carbocycles. The molecule has 0 aliphatic heterocycles. The topological polar surface area (TPSA) is 21.3 Å². The minimum atomic E-state index is -5.63. The Bertz CT molecular complexity index is 159. The van der Waals surface area contributed by atoms with Crippen LogP contribution in [0.3, 0.4) is 0 Å². The fraction of sp³-hybridized carbons (Fsp3) is 1.00. The molecule has 0 saturated heterocycles. The van der Waals surface area contributed by atoms with Gasteiger partial charge in [-0.05, 0) is 19.5 Å². The minimum absolute atomic E-state index is 0.111. The minimum Gasteiger partial charge on any atom is -0.317 e. The summed E-state index contributed by atoms with van der Waals surface area (Å²) in [5, 5.41) is 2.77. The molecule has 0 aromatic heterocycles. The van der Waals surface area contributed by atoms with Crippen LogP contribution in [0.15, 0.2) is 0 Å². The van der Waals surface area contributed by atoms with Gasteiger partial charge in [0.15, 0.2) is 0 Å². The predicted molar refractivity (Wildman–Crippen MR) is 40.1 cm³/mol. The Morgan fingerprint density at radius 1 is 1.14 bits per heavy atom. The molecule has 7 heteroatoms. The number of hydrogen-bond donors (Lipinski definition) is 1. The molecule has 0 aliphatic carbocycles. The van der Waals surface area contributed by atoms with E-state index < -0.39 is 18.9 Å². The molecule has 0 aromatic carbocycles. The van der Waals surface area contributed by atoms with E-state index in [1.54, 1.807) is 6.92 Å². The van der Waals surface area contributed by atoms with Crippen LogP contribution in [0.4, 0.5) is 22.0 Å². The first-order valence-electron chi connectivity index (χ1n) is 4.10. The maximum atomic E-state index is 12.1. The van der Waals surface area contributed by atoms with Crippen molar-refractivity contribution in [1.29, 1.82) is 0 Å². The second-order valence-electron chi connectivity index (χ2n) is 2.57. The lowest BCUT2D eigenvalue weighted by Gasteiger charge is -2.19. The van der Waals surface area contributed by atoms with Gasteiger partial charge in [0.25, 0.3) is 0 Å². The maximum Gasteiger partial charge on any atom is 0.482 e. The predicted octanol–water partition coefficient (Wildman–Crippen LogP) is 2.16. The van der Waals surface area contributed by atoms with Crippen molar-refractivity contribution in [2.45, 2.75) is 25.6 Å². The summed E-state index contributed by atoms with van der Waals surface area (Å²) in [6, 6.07) is 0. The molecule has 86 valence electrons. The van der Waals surface area contributed by atoms with Crippen molar-refractivity contribution in [2.75, 3.05) is 19.7 Å². The van der Waals surface area contributed by atoms with E-state index in [-0.39, 0.29) is 6.42 Å². The van der Waals surface area contributed by atoms with Crippen LogP contribution in [0.2, 0.25) is 0 Å². The monoisotopic (exact) mass is 221 g/mol. The molecule has 1 N–H and O–H groups in total. The number of alkyl halides is 5. The van der Waals surface area contributed by atoms with E-state index >= 15 is 0 Å². The summed E-state index contributed by atoms with van der Waals surface area (Å²) in [5.41, 5.74) is 0. The van der Waals surface area contributed by atoms with Gasteiger partial charge in [-0.2, -0.15) is 22.0 Å². The molecular formula is C7H12F5NO. The highest BCUT2D eigenvalue weighted by Gasteiger charge is 2.59. The molecule has 0 aliphatic rings. The van der Waals surface area contributed by atoms with Gasteiger partial charge in [0.05, 0.1) is 6.61 Å². The summed E-state index contributed by atoms with van der Waals surface area (Å²) >= 11 is 0. The molecule has 0 bridgehead atoms. The summed E-state index contributed by atoms with van der Waals surface area (Å²) in [4.78, 5) is 0. The largest absolute Gasteiger partial charge is 0.482 e. The molecule has 0 amide bonds. The third-order valence-electron chi connectivity index (χ3n) is 1.36. The zero-order valence-electron chi connectivity index (χ0n) is 7.63. The lowest BCUT2D eigenvalue weighted by Crippen LogP contribution is -2.39. The van der Waals surface area contributed by atoms with Crippen molar-refractivity contribution in [3.8, 4) is 0 Å². The van der Waals surface area contributed by atoms with Gasteiger partial charge in [-0.15, -0.1) is 0 Å².